The topological polar surface area (TPSA) is 44.8 Å². The van der Waals surface area contributed by atoms with Gasteiger partial charge in [0.05, 0.1) is 19.8 Å². The zero-order chi connectivity index (χ0) is 23.5. The minimum atomic E-state index is -0.362. The van der Waals surface area contributed by atoms with Crippen LogP contribution in [0.2, 0.25) is 0 Å². The summed E-state index contributed by atoms with van der Waals surface area (Å²) in [6.07, 6.45) is 25.1. The van der Waals surface area contributed by atoms with Gasteiger partial charge in [0, 0.05) is 12.2 Å². The number of unbranched alkanes of at least 4 members (excludes halogenated alkanes) is 17. The normalized spacial score (nSPS) is 11.1. The third kappa shape index (κ3) is 25.4. The number of hydrogen-bond donors (Lipinski definition) is 0. The Hall–Kier alpha value is -0.870. The molecule has 0 spiro atoms. The molecule has 0 saturated carbocycles. The Bertz CT molecular complexity index is 408. The van der Waals surface area contributed by atoms with E-state index in [2.05, 4.69) is 13.5 Å². The van der Waals surface area contributed by atoms with Crippen molar-refractivity contribution in [3.63, 3.8) is 0 Å². The molecule has 0 aliphatic rings. The summed E-state index contributed by atoms with van der Waals surface area (Å²) in [7, 11) is 0. The van der Waals surface area contributed by atoms with Gasteiger partial charge in [0.2, 0.25) is 0 Å². The van der Waals surface area contributed by atoms with Gasteiger partial charge >= 0.3 is 5.97 Å². The van der Waals surface area contributed by atoms with Crippen molar-refractivity contribution in [2.75, 3.05) is 33.0 Å². The molecule has 0 aromatic rings. The van der Waals surface area contributed by atoms with Crippen LogP contribution in [0.4, 0.5) is 0 Å². The summed E-state index contributed by atoms with van der Waals surface area (Å²) in [4.78, 5) is 11.2. The van der Waals surface area contributed by atoms with Crippen molar-refractivity contribution in [2.45, 2.75) is 129 Å². The van der Waals surface area contributed by atoms with E-state index in [4.69, 9.17) is 14.2 Å². The molecule has 4 heteroatoms. The molecule has 32 heavy (non-hydrogen) atoms. The molecular weight excluding hydrogens is 400 g/mol. The third-order valence-corrected chi connectivity index (χ3v) is 5.82. The molecule has 4 nitrogen and oxygen atoms in total. The van der Waals surface area contributed by atoms with Crippen LogP contribution in [0.3, 0.4) is 0 Å². The van der Waals surface area contributed by atoms with Gasteiger partial charge in [-0.05, 0) is 13.3 Å². The van der Waals surface area contributed by atoms with Crippen LogP contribution in [0.1, 0.15) is 129 Å². The molecule has 0 N–H and O–H groups in total. The van der Waals surface area contributed by atoms with Crippen LogP contribution in [-0.4, -0.2) is 39.0 Å². The number of ether oxygens (including phenoxy) is 3. The fourth-order valence-electron chi connectivity index (χ4n) is 3.74. The molecule has 0 radical (unpaired) electrons. The molecule has 0 bridgehead atoms. The second kappa shape index (κ2) is 26.4. The van der Waals surface area contributed by atoms with Crippen molar-refractivity contribution < 1.29 is 19.0 Å². The summed E-state index contributed by atoms with van der Waals surface area (Å²) in [6.45, 7) is 10.1. The average Bonchev–Trinajstić information content (AvgIpc) is 2.78. The van der Waals surface area contributed by atoms with Crippen LogP contribution in [0.25, 0.3) is 0 Å². The highest BCUT2D eigenvalue weighted by Gasteiger charge is 2.01. The molecule has 0 saturated heterocycles. The van der Waals surface area contributed by atoms with Crippen molar-refractivity contribution in [2.24, 2.45) is 0 Å². The van der Waals surface area contributed by atoms with E-state index in [0.717, 1.165) is 13.0 Å². The molecule has 0 aliphatic carbocycles. The number of rotatable bonds is 26. The molecule has 0 fully saturated rings. The lowest BCUT2D eigenvalue weighted by Gasteiger charge is -2.07. The van der Waals surface area contributed by atoms with E-state index < -0.39 is 0 Å². The number of hydrogen-bond acceptors (Lipinski definition) is 4. The van der Waals surface area contributed by atoms with Gasteiger partial charge in [0.15, 0.2) is 0 Å². The van der Waals surface area contributed by atoms with Gasteiger partial charge in [-0.15, -0.1) is 0 Å². The Morgan fingerprint density at radius 2 is 0.875 bits per heavy atom. The van der Waals surface area contributed by atoms with Crippen LogP contribution in [0.15, 0.2) is 12.2 Å². The van der Waals surface area contributed by atoms with E-state index in [0.29, 0.717) is 25.4 Å². The smallest absolute Gasteiger partial charge is 0.333 e. The van der Waals surface area contributed by atoms with Crippen LogP contribution in [-0.2, 0) is 19.0 Å². The van der Waals surface area contributed by atoms with Crippen LogP contribution in [0, 0.1) is 0 Å². The van der Waals surface area contributed by atoms with E-state index in [-0.39, 0.29) is 12.6 Å². The van der Waals surface area contributed by atoms with Gasteiger partial charge in [-0.3, -0.25) is 0 Å². The van der Waals surface area contributed by atoms with Crippen molar-refractivity contribution >= 4 is 5.97 Å². The van der Waals surface area contributed by atoms with E-state index in [1.807, 2.05) is 0 Å². The summed E-state index contributed by atoms with van der Waals surface area (Å²) in [5.74, 6) is -0.362. The van der Waals surface area contributed by atoms with Gasteiger partial charge in [0.25, 0.3) is 0 Å². The van der Waals surface area contributed by atoms with E-state index in [1.165, 1.54) is 109 Å². The summed E-state index contributed by atoms with van der Waals surface area (Å²) in [6, 6.07) is 0. The first-order valence-corrected chi connectivity index (χ1v) is 13.7. The first kappa shape index (κ1) is 31.1. The molecule has 0 aliphatic heterocycles. The molecule has 0 atom stereocenters. The molecular formula is C28H54O4. The summed E-state index contributed by atoms with van der Waals surface area (Å²) >= 11 is 0. The predicted molar refractivity (Wildman–Crippen MR) is 136 cm³/mol. The van der Waals surface area contributed by atoms with Crippen molar-refractivity contribution in [1.29, 1.82) is 0 Å². The second-order valence-electron chi connectivity index (χ2n) is 9.15. The maximum absolute atomic E-state index is 11.2. The lowest BCUT2D eigenvalue weighted by atomic mass is 10.0. The van der Waals surface area contributed by atoms with Crippen LogP contribution >= 0.6 is 0 Å². The third-order valence-electron chi connectivity index (χ3n) is 5.82. The maximum Gasteiger partial charge on any atom is 0.333 e. The van der Waals surface area contributed by atoms with Crippen molar-refractivity contribution in [3.8, 4) is 0 Å². The molecule has 190 valence electrons. The Morgan fingerprint density at radius 1 is 0.531 bits per heavy atom. The van der Waals surface area contributed by atoms with Gasteiger partial charge < -0.3 is 14.2 Å². The monoisotopic (exact) mass is 454 g/mol. The number of carbonyl (C=O) groups is 1. The highest BCUT2D eigenvalue weighted by Crippen LogP contribution is 2.14. The van der Waals surface area contributed by atoms with Crippen molar-refractivity contribution in [1.82, 2.24) is 0 Å². The van der Waals surface area contributed by atoms with Crippen LogP contribution in [0.5, 0.6) is 0 Å². The minimum Gasteiger partial charge on any atom is -0.460 e. The van der Waals surface area contributed by atoms with Gasteiger partial charge in [-0.1, -0.05) is 123 Å². The van der Waals surface area contributed by atoms with Gasteiger partial charge in [0.1, 0.15) is 6.61 Å². The molecule has 0 heterocycles. The van der Waals surface area contributed by atoms with E-state index in [9.17, 15) is 4.79 Å². The number of esters is 1. The van der Waals surface area contributed by atoms with Crippen LogP contribution < -0.4 is 0 Å². The summed E-state index contributed by atoms with van der Waals surface area (Å²) in [5, 5.41) is 0. The van der Waals surface area contributed by atoms with E-state index >= 15 is 0 Å². The first-order valence-electron chi connectivity index (χ1n) is 13.7. The highest BCUT2D eigenvalue weighted by atomic mass is 16.6. The Balaban J connectivity index is 3.05. The fourth-order valence-corrected chi connectivity index (χ4v) is 3.74. The lowest BCUT2D eigenvalue weighted by Crippen LogP contribution is -2.13. The van der Waals surface area contributed by atoms with Gasteiger partial charge in [-0.2, -0.15) is 0 Å². The summed E-state index contributed by atoms with van der Waals surface area (Å²) < 4.78 is 15.9. The van der Waals surface area contributed by atoms with E-state index in [1.54, 1.807) is 6.92 Å². The zero-order valence-electron chi connectivity index (χ0n) is 21.6. The minimum absolute atomic E-state index is 0.269. The largest absolute Gasteiger partial charge is 0.460 e. The summed E-state index contributed by atoms with van der Waals surface area (Å²) in [5.41, 5.74) is 0.415. The molecule has 0 amide bonds. The Morgan fingerprint density at radius 3 is 1.28 bits per heavy atom. The Labute approximate surface area is 199 Å². The molecule has 0 aromatic heterocycles. The maximum atomic E-state index is 11.2. The second-order valence-corrected chi connectivity index (χ2v) is 9.15. The predicted octanol–water partition coefficient (Wildman–Crippen LogP) is 8.18. The number of carbonyl (C=O) groups excluding carboxylic acids is 1. The zero-order valence-corrected chi connectivity index (χ0v) is 21.6. The quantitative estimate of drug-likeness (QED) is 0.0750. The highest BCUT2D eigenvalue weighted by molar-refractivity contribution is 5.86. The van der Waals surface area contributed by atoms with Gasteiger partial charge in [-0.25, -0.2) is 4.79 Å². The lowest BCUT2D eigenvalue weighted by molar-refractivity contribution is -0.140. The molecule has 0 unspecified atom stereocenters. The molecule has 0 aromatic carbocycles. The standard InChI is InChI=1S/C28H54O4/c1-4-5-6-7-8-9-10-11-12-13-14-15-16-17-18-19-20-21-22-30-23-24-31-25-26-32-28(29)27(2)3/h2,4-26H2,1,3H3. The van der Waals surface area contributed by atoms with Crippen molar-refractivity contribution in [3.05, 3.63) is 12.2 Å². The average molecular weight is 455 g/mol. The SMILES string of the molecule is C=C(C)C(=O)OCCOCCOCCCCCCCCCCCCCCCCCCCC. The Kier molecular flexibility index (Phi) is 25.7. The fraction of sp³-hybridized carbons (Fsp3) is 0.893. The molecule has 0 rings (SSSR count). The first-order chi connectivity index (χ1) is 15.7.